The van der Waals surface area contributed by atoms with E-state index in [1.165, 1.54) is 34.9 Å². The SMILES string of the molecule is CN(CCCCCNCCCCC(=O)Nc1ccn(C2CSC(CO)O2)c(=O)n1)c1ccccc1. The van der Waals surface area contributed by atoms with Crippen molar-refractivity contribution in [3.05, 3.63) is 53.1 Å². The predicted molar refractivity (Wildman–Crippen MR) is 141 cm³/mol. The summed E-state index contributed by atoms with van der Waals surface area (Å²) < 4.78 is 6.96. The molecule has 1 aromatic carbocycles. The third-order valence-corrected chi connectivity index (χ3v) is 6.95. The Hall–Kier alpha value is -2.40. The van der Waals surface area contributed by atoms with Crippen LogP contribution in [0.2, 0.25) is 0 Å². The maximum absolute atomic E-state index is 12.3. The van der Waals surface area contributed by atoms with Gasteiger partial charge in [0.2, 0.25) is 5.91 Å². The van der Waals surface area contributed by atoms with Crippen LogP contribution in [0.15, 0.2) is 47.4 Å². The van der Waals surface area contributed by atoms with Gasteiger partial charge in [-0.25, -0.2) is 4.79 Å². The molecule has 3 N–H and O–H groups in total. The monoisotopic (exact) mass is 503 g/mol. The van der Waals surface area contributed by atoms with Crippen molar-refractivity contribution in [1.29, 1.82) is 0 Å². The number of nitrogens with one attached hydrogen (secondary N) is 2. The number of anilines is 2. The van der Waals surface area contributed by atoms with Crippen LogP contribution in [0.4, 0.5) is 11.5 Å². The second kappa shape index (κ2) is 14.9. The molecule has 0 radical (unpaired) electrons. The van der Waals surface area contributed by atoms with Crippen LogP contribution in [0, 0.1) is 0 Å². The lowest BCUT2D eigenvalue weighted by molar-refractivity contribution is -0.116. The van der Waals surface area contributed by atoms with Gasteiger partial charge in [0.15, 0.2) is 0 Å². The minimum atomic E-state index is -0.483. The van der Waals surface area contributed by atoms with E-state index in [-0.39, 0.29) is 23.8 Å². The van der Waals surface area contributed by atoms with E-state index in [0.717, 1.165) is 38.9 Å². The van der Waals surface area contributed by atoms with Gasteiger partial charge in [-0.3, -0.25) is 9.36 Å². The highest BCUT2D eigenvalue weighted by molar-refractivity contribution is 8.00. The molecule has 1 fully saturated rings. The van der Waals surface area contributed by atoms with Gasteiger partial charge in [0.05, 0.1) is 6.61 Å². The molecule has 2 unspecified atom stereocenters. The van der Waals surface area contributed by atoms with Crippen molar-refractivity contribution in [1.82, 2.24) is 14.9 Å². The number of aliphatic hydroxyl groups is 1. The zero-order valence-corrected chi connectivity index (χ0v) is 21.2. The van der Waals surface area contributed by atoms with Gasteiger partial charge in [0.25, 0.3) is 0 Å². The molecule has 1 aliphatic rings. The Morgan fingerprint density at radius 1 is 1.17 bits per heavy atom. The highest BCUT2D eigenvalue weighted by atomic mass is 32.2. The number of hydrogen-bond donors (Lipinski definition) is 3. The fourth-order valence-electron chi connectivity index (χ4n) is 3.84. The van der Waals surface area contributed by atoms with Crippen LogP contribution >= 0.6 is 11.8 Å². The Balaban J connectivity index is 1.20. The molecule has 1 saturated heterocycles. The number of aromatic nitrogens is 2. The number of thioether (sulfide) groups is 1. The Kier molecular flexibility index (Phi) is 11.6. The van der Waals surface area contributed by atoms with Crippen LogP contribution in [0.5, 0.6) is 0 Å². The number of carbonyl (C=O) groups excluding carboxylic acids is 1. The molecule has 10 heteroatoms. The fourth-order valence-corrected chi connectivity index (χ4v) is 4.77. The second-order valence-corrected chi connectivity index (χ2v) is 9.80. The first kappa shape index (κ1) is 27.2. The van der Waals surface area contributed by atoms with Crippen molar-refractivity contribution in [2.75, 3.05) is 49.3 Å². The lowest BCUT2D eigenvalue weighted by atomic mass is 10.2. The van der Waals surface area contributed by atoms with Crippen molar-refractivity contribution < 1.29 is 14.6 Å². The predicted octanol–water partition coefficient (Wildman–Crippen LogP) is 2.83. The van der Waals surface area contributed by atoms with E-state index in [4.69, 9.17) is 9.84 Å². The normalized spacial score (nSPS) is 17.4. The Labute approximate surface area is 211 Å². The summed E-state index contributed by atoms with van der Waals surface area (Å²) in [5.74, 6) is 0.667. The van der Waals surface area contributed by atoms with E-state index in [9.17, 15) is 9.59 Å². The third-order valence-electron chi connectivity index (χ3n) is 5.84. The van der Waals surface area contributed by atoms with Crippen molar-refractivity contribution in [3.63, 3.8) is 0 Å². The molecule has 2 heterocycles. The molecular weight excluding hydrogens is 466 g/mol. The number of aliphatic hydroxyl groups excluding tert-OH is 1. The van der Waals surface area contributed by atoms with Crippen molar-refractivity contribution in [2.45, 2.75) is 50.2 Å². The molecule has 1 amide bonds. The summed E-state index contributed by atoms with van der Waals surface area (Å²) in [5.41, 5.74) is 0.445. The first-order chi connectivity index (χ1) is 17.1. The second-order valence-electron chi connectivity index (χ2n) is 8.61. The number of rotatable bonds is 15. The lowest BCUT2D eigenvalue weighted by Crippen LogP contribution is -2.29. The Bertz CT molecular complexity index is 958. The van der Waals surface area contributed by atoms with Crippen LogP contribution in [-0.4, -0.2) is 65.0 Å². The first-order valence-corrected chi connectivity index (χ1v) is 13.4. The van der Waals surface area contributed by atoms with Gasteiger partial charge in [-0.2, -0.15) is 4.98 Å². The van der Waals surface area contributed by atoms with E-state index in [1.54, 1.807) is 12.3 Å². The van der Waals surface area contributed by atoms with E-state index in [0.29, 0.717) is 12.2 Å². The van der Waals surface area contributed by atoms with Gasteiger partial charge < -0.3 is 25.4 Å². The van der Waals surface area contributed by atoms with Crippen molar-refractivity contribution in [3.8, 4) is 0 Å². The molecule has 0 saturated carbocycles. The Morgan fingerprint density at radius 3 is 2.66 bits per heavy atom. The lowest BCUT2D eigenvalue weighted by Gasteiger charge is -2.19. The summed E-state index contributed by atoms with van der Waals surface area (Å²) in [4.78, 5) is 30.7. The quantitative estimate of drug-likeness (QED) is 0.319. The van der Waals surface area contributed by atoms with E-state index >= 15 is 0 Å². The summed E-state index contributed by atoms with van der Waals surface area (Å²) in [6.07, 6.45) is 6.69. The molecule has 2 atom stereocenters. The number of unbranched alkanes of at least 4 members (excludes halogenated alkanes) is 3. The molecule has 0 bridgehead atoms. The standard InChI is InChI=1S/C25H37N5O4S/c1-29(20-10-4-2-5-11-20)16-9-3-7-14-26-15-8-6-12-22(32)27-21-13-17-30(25(33)28-21)23-19-35-24(18-31)34-23/h2,4-5,10-11,13,17,23-24,26,31H,3,6-9,12,14-16,18-19H2,1H3,(H,27,28,32,33). The fraction of sp³-hybridized carbons (Fsp3) is 0.560. The van der Waals surface area contributed by atoms with Gasteiger partial charge >= 0.3 is 5.69 Å². The third kappa shape index (κ3) is 9.29. The van der Waals surface area contributed by atoms with Gasteiger partial charge in [0.1, 0.15) is 17.5 Å². The first-order valence-electron chi connectivity index (χ1n) is 12.3. The van der Waals surface area contributed by atoms with Gasteiger partial charge in [-0.15, -0.1) is 11.8 Å². The minimum Gasteiger partial charge on any atom is -0.393 e. The van der Waals surface area contributed by atoms with Crippen LogP contribution in [-0.2, 0) is 9.53 Å². The number of ether oxygens (including phenoxy) is 1. The number of benzene rings is 1. The summed E-state index contributed by atoms with van der Waals surface area (Å²) >= 11 is 1.45. The van der Waals surface area contributed by atoms with Crippen molar-refractivity contribution in [2.24, 2.45) is 0 Å². The molecular formula is C25H37N5O4S. The number of para-hydroxylation sites is 1. The molecule has 0 spiro atoms. The van der Waals surface area contributed by atoms with Crippen molar-refractivity contribution >= 4 is 29.2 Å². The number of amides is 1. The van der Waals surface area contributed by atoms with Gasteiger partial charge in [-0.05, 0) is 57.0 Å². The number of carbonyl (C=O) groups is 1. The van der Waals surface area contributed by atoms with Gasteiger partial charge in [-0.1, -0.05) is 24.6 Å². The molecule has 1 aliphatic heterocycles. The highest BCUT2D eigenvalue weighted by Gasteiger charge is 2.27. The van der Waals surface area contributed by atoms with E-state index < -0.39 is 11.9 Å². The number of hydrogen-bond acceptors (Lipinski definition) is 8. The largest absolute Gasteiger partial charge is 0.393 e. The number of nitrogens with zero attached hydrogens (tertiary/aromatic N) is 3. The summed E-state index contributed by atoms with van der Waals surface area (Å²) in [6, 6.07) is 12.0. The Morgan fingerprint density at radius 2 is 1.94 bits per heavy atom. The van der Waals surface area contributed by atoms with Crippen LogP contribution < -0.4 is 21.2 Å². The molecule has 192 valence electrons. The van der Waals surface area contributed by atoms with E-state index in [2.05, 4.69) is 51.8 Å². The molecule has 35 heavy (non-hydrogen) atoms. The molecule has 2 aromatic rings. The summed E-state index contributed by atoms with van der Waals surface area (Å²) in [6.45, 7) is 2.84. The molecule has 0 aliphatic carbocycles. The topological polar surface area (TPSA) is 109 Å². The molecule has 1 aromatic heterocycles. The summed E-state index contributed by atoms with van der Waals surface area (Å²) in [7, 11) is 2.13. The average molecular weight is 504 g/mol. The molecule has 3 rings (SSSR count). The van der Waals surface area contributed by atoms with Gasteiger partial charge in [0, 0.05) is 37.7 Å². The van der Waals surface area contributed by atoms with Crippen LogP contribution in [0.3, 0.4) is 0 Å². The van der Waals surface area contributed by atoms with E-state index in [1.807, 2.05) is 6.07 Å². The van der Waals surface area contributed by atoms with Crippen LogP contribution in [0.25, 0.3) is 0 Å². The maximum atomic E-state index is 12.3. The minimum absolute atomic E-state index is 0.0972. The maximum Gasteiger partial charge on any atom is 0.351 e. The molecule has 9 nitrogen and oxygen atoms in total. The van der Waals surface area contributed by atoms with Crippen LogP contribution in [0.1, 0.15) is 44.8 Å². The highest BCUT2D eigenvalue weighted by Crippen LogP contribution is 2.30. The zero-order chi connectivity index (χ0) is 24.9. The summed E-state index contributed by atoms with van der Waals surface area (Å²) in [5, 5.41) is 15.3. The smallest absolute Gasteiger partial charge is 0.351 e. The average Bonchev–Trinajstić information content (AvgIpc) is 3.34. The zero-order valence-electron chi connectivity index (χ0n) is 20.4.